The molecule has 144 valence electrons. The standard InChI is InChI=1S/C20H25N3O4/c1-25-17-10-13(11-18(26-2)19(17)27-3)20(24)22-14-6-7-16(15(21)12-14)23-8-4-5-9-23/h6-7,10-12H,4-5,8-9,21H2,1-3H3,(H,22,24). The van der Waals surface area contributed by atoms with Gasteiger partial charge in [0, 0.05) is 24.3 Å². The number of amides is 1. The summed E-state index contributed by atoms with van der Waals surface area (Å²) >= 11 is 0. The average molecular weight is 371 g/mol. The summed E-state index contributed by atoms with van der Waals surface area (Å²) in [5.41, 5.74) is 8.89. The second-order valence-electron chi connectivity index (χ2n) is 6.34. The molecule has 0 unspecified atom stereocenters. The predicted molar refractivity (Wildman–Crippen MR) is 106 cm³/mol. The van der Waals surface area contributed by atoms with Gasteiger partial charge in [-0.05, 0) is 43.2 Å². The molecule has 0 aromatic heterocycles. The Morgan fingerprint density at radius 1 is 1.00 bits per heavy atom. The minimum Gasteiger partial charge on any atom is -0.493 e. The minimum absolute atomic E-state index is 0.289. The van der Waals surface area contributed by atoms with E-state index in [1.165, 1.54) is 34.2 Å². The third-order valence-electron chi connectivity index (χ3n) is 4.66. The Morgan fingerprint density at radius 2 is 1.63 bits per heavy atom. The highest BCUT2D eigenvalue weighted by molar-refractivity contribution is 6.05. The Balaban J connectivity index is 1.82. The fourth-order valence-electron chi connectivity index (χ4n) is 3.29. The Labute approximate surface area is 159 Å². The van der Waals surface area contributed by atoms with Crippen molar-refractivity contribution in [2.24, 2.45) is 0 Å². The van der Waals surface area contributed by atoms with Gasteiger partial charge in [0.2, 0.25) is 5.75 Å². The molecule has 1 aliphatic heterocycles. The molecule has 7 nitrogen and oxygen atoms in total. The normalized spacial score (nSPS) is 13.4. The van der Waals surface area contributed by atoms with Gasteiger partial charge in [0.1, 0.15) is 0 Å². The highest BCUT2D eigenvalue weighted by Crippen LogP contribution is 2.38. The number of methoxy groups -OCH3 is 3. The van der Waals surface area contributed by atoms with Crippen molar-refractivity contribution >= 4 is 23.0 Å². The third-order valence-corrected chi connectivity index (χ3v) is 4.66. The van der Waals surface area contributed by atoms with Crippen molar-refractivity contribution in [2.75, 3.05) is 50.4 Å². The number of carbonyl (C=O) groups is 1. The first-order valence-corrected chi connectivity index (χ1v) is 8.83. The van der Waals surface area contributed by atoms with Crippen LogP contribution in [0.5, 0.6) is 17.2 Å². The maximum Gasteiger partial charge on any atom is 0.255 e. The smallest absolute Gasteiger partial charge is 0.255 e. The summed E-state index contributed by atoms with van der Waals surface area (Å²) in [6.07, 6.45) is 2.36. The van der Waals surface area contributed by atoms with Crippen LogP contribution in [0, 0.1) is 0 Å². The zero-order valence-electron chi connectivity index (χ0n) is 15.9. The molecule has 7 heteroatoms. The van der Waals surface area contributed by atoms with Crippen molar-refractivity contribution in [1.29, 1.82) is 0 Å². The number of rotatable bonds is 6. The van der Waals surface area contributed by atoms with Crippen LogP contribution in [0.25, 0.3) is 0 Å². The van der Waals surface area contributed by atoms with Gasteiger partial charge in [-0.3, -0.25) is 4.79 Å². The molecule has 1 amide bonds. The Hall–Kier alpha value is -3.09. The van der Waals surface area contributed by atoms with Crippen LogP contribution in [-0.4, -0.2) is 40.3 Å². The topological polar surface area (TPSA) is 86.1 Å². The van der Waals surface area contributed by atoms with E-state index in [0.29, 0.717) is 34.2 Å². The van der Waals surface area contributed by atoms with Crippen molar-refractivity contribution in [3.05, 3.63) is 35.9 Å². The van der Waals surface area contributed by atoms with E-state index in [0.717, 1.165) is 18.8 Å². The first kappa shape index (κ1) is 18.7. The molecule has 27 heavy (non-hydrogen) atoms. The lowest BCUT2D eigenvalue weighted by Gasteiger charge is -2.20. The SMILES string of the molecule is COc1cc(C(=O)Nc2ccc(N3CCCC3)c(N)c2)cc(OC)c1OC. The molecule has 0 saturated carbocycles. The monoisotopic (exact) mass is 371 g/mol. The van der Waals surface area contributed by atoms with Crippen LogP contribution in [0.1, 0.15) is 23.2 Å². The van der Waals surface area contributed by atoms with Gasteiger partial charge in [0.05, 0.1) is 32.7 Å². The summed E-state index contributed by atoms with van der Waals surface area (Å²) in [6, 6.07) is 8.81. The number of hydrogen-bond acceptors (Lipinski definition) is 6. The van der Waals surface area contributed by atoms with E-state index < -0.39 is 0 Å². The maximum atomic E-state index is 12.7. The number of nitrogen functional groups attached to an aromatic ring is 1. The van der Waals surface area contributed by atoms with Gasteiger partial charge in [0.15, 0.2) is 11.5 Å². The van der Waals surface area contributed by atoms with Crippen LogP contribution < -0.4 is 30.2 Å². The van der Waals surface area contributed by atoms with Gasteiger partial charge >= 0.3 is 0 Å². The number of nitrogens with two attached hydrogens (primary N) is 1. The number of carbonyl (C=O) groups excluding carboxylic acids is 1. The molecule has 2 aromatic carbocycles. The molecule has 0 bridgehead atoms. The molecule has 0 atom stereocenters. The van der Waals surface area contributed by atoms with Crippen molar-refractivity contribution in [2.45, 2.75) is 12.8 Å². The molecular formula is C20H25N3O4. The number of nitrogens with one attached hydrogen (secondary N) is 1. The summed E-state index contributed by atoms with van der Waals surface area (Å²) in [6.45, 7) is 2.03. The number of ether oxygens (including phenoxy) is 3. The summed E-state index contributed by atoms with van der Waals surface area (Å²) in [7, 11) is 4.54. The summed E-state index contributed by atoms with van der Waals surface area (Å²) in [5.74, 6) is 0.995. The average Bonchev–Trinajstić information content (AvgIpc) is 3.21. The zero-order valence-corrected chi connectivity index (χ0v) is 15.9. The number of hydrogen-bond donors (Lipinski definition) is 2. The summed E-state index contributed by atoms with van der Waals surface area (Å²) in [5, 5.41) is 2.87. The van der Waals surface area contributed by atoms with Crippen molar-refractivity contribution in [3.8, 4) is 17.2 Å². The van der Waals surface area contributed by atoms with Gasteiger partial charge in [-0.1, -0.05) is 0 Å². The van der Waals surface area contributed by atoms with Gasteiger partial charge in [-0.2, -0.15) is 0 Å². The first-order chi connectivity index (χ1) is 13.1. The van der Waals surface area contributed by atoms with Crippen LogP contribution in [0.4, 0.5) is 17.1 Å². The molecule has 1 fully saturated rings. The fourth-order valence-corrected chi connectivity index (χ4v) is 3.29. The number of benzene rings is 2. The highest BCUT2D eigenvalue weighted by Gasteiger charge is 2.18. The molecule has 3 rings (SSSR count). The lowest BCUT2D eigenvalue weighted by molar-refractivity contribution is 0.102. The molecular weight excluding hydrogens is 346 g/mol. The quantitative estimate of drug-likeness (QED) is 0.759. The second-order valence-corrected chi connectivity index (χ2v) is 6.34. The zero-order chi connectivity index (χ0) is 19.4. The Kier molecular flexibility index (Phi) is 5.59. The largest absolute Gasteiger partial charge is 0.493 e. The predicted octanol–water partition coefficient (Wildman–Crippen LogP) is 3.15. The lowest BCUT2D eigenvalue weighted by atomic mass is 10.1. The number of anilines is 3. The van der Waals surface area contributed by atoms with Gasteiger partial charge in [-0.25, -0.2) is 0 Å². The van der Waals surface area contributed by atoms with E-state index >= 15 is 0 Å². The summed E-state index contributed by atoms with van der Waals surface area (Å²) in [4.78, 5) is 15.0. The highest BCUT2D eigenvalue weighted by atomic mass is 16.5. The van der Waals surface area contributed by atoms with Crippen molar-refractivity contribution in [3.63, 3.8) is 0 Å². The van der Waals surface area contributed by atoms with Gasteiger partial charge in [0.25, 0.3) is 5.91 Å². The minimum atomic E-state index is -0.289. The van der Waals surface area contributed by atoms with E-state index in [1.807, 2.05) is 12.1 Å². The summed E-state index contributed by atoms with van der Waals surface area (Å²) < 4.78 is 15.9. The van der Waals surface area contributed by atoms with Crippen LogP contribution in [-0.2, 0) is 0 Å². The molecule has 1 saturated heterocycles. The van der Waals surface area contributed by atoms with E-state index in [4.69, 9.17) is 19.9 Å². The van der Waals surface area contributed by atoms with E-state index in [9.17, 15) is 4.79 Å². The van der Waals surface area contributed by atoms with Crippen LogP contribution in [0.3, 0.4) is 0 Å². The molecule has 0 aliphatic carbocycles. The molecule has 1 aliphatic rings. The third kappa shape index (κ3) is 3.86. The molecule has 0 spiro atoms. The van der Waals surface area contributed by atoms with Crippen molar-refractivity contribution < 1.29 is 19.0 Å². The second kappa shape index (κ2) is 8.07. The lowest BCUT2D eigenvalue weighted by Crippen LogP contribution is -2.19. The van der Waals surface area contributed by atoms with E-state index in [1.54, 1.807) is 18.2 Å². The Bertz CT molecular complexity index is 807. The van der Waals surface area contributed by atoms with Crippen LogP contribution >= 0.6 is 0 Å². The van der Waals surface area contributed by atoms with E-state index in [-0.39, 0.29) is 5.91 Å². The molecule has 1 heterocycles. The molecule has 3 N–H and O–H groups in total. The van der Waals surface area contributed by atoms with Crippen LogP contribution in [0.2, 0.25) is 0 Å². The van der Waals surface area contributed by atoms with Crippen LogP contribution in [0.15, 0.2) is 30.3 Å². The molecule has 2 aromatic rings. The maximum absolute atomic E-state index is 12.7. The molecule has 0 radical (unpaired) electrons. The van der Waals surface area contributed by atoms with E-state index in [2.05, 4.69) is 10.2 Å². The fraction of sp³-hybridized carbons (Fsp3) is 0.350. The first-order valence-electron chi connectivity index (χ1n) is 8.83. The van der Waals surface area contributed by atoms with Gasteiger partial charge < -0.3 is 30.2 Å². The van der Waals surface area contributed by atoms with Crippen molar-refractivity contribution in [1.82, 2.24) is 0 Å². The van der Waals surface area contributed by atoms with Gasteiger partial charge in [-0.15, -0.1) is 0 Å². The number of nitrogens with zero attached hydrogens (tertiary/aromatic N) is 1. The Morgan fingerprint density at radius 3 is 2.15 bits per heavy atom.